The van der Waals surface area contributed by atoms with E-state index in [9.17, 15) is 9.59 Å². The van der Waals surface area contributed by atoms with E-state index in [4.69, 9.17) is 4.52 Å². The zero-order chi connectivity index (χ0) is 22.5. The molecule has 174 valence electrons. The quantitative estimate of drug-likeness (QED) is 0.604. The lowest BCUT2D eigenvalue weighted by atomic mass is 9.78. The SMILES string of the molecule is CC.O=C(c1ccno1)N1CCC(c2cc(C(=O)N3CCCC4CCCCC43)cs2)CC1. The molecule has 2 amide bonds. The molecular weight excluding hydrogens is 422 g/mol. The van der Waals surface area contributed by atoms with E-state index in [-0.39, 0.29) is 11.8 Å². The molecule has 2 aromatic rings. The summed E-state index contributed by atoms with van der Waals surface area (Å²) in [5, 5.41) is 5.68. The molecule has 1 saturated carbocycles. The van der Waals surface area contributed by atoms with E-state index in [0.29, 0.717) is 36.7 Å². The van der Waals surface area contributed by atoms with E-state index < -0.39 is 0 Å². The molecule has 3 fully saturated rings. The van der Waals surface area contributed by atoms with Crippen LogP contribution in [0.25, 0.3) is 0 Å². The number of carbonyl (C=O) groups excluding carboxylic acids is 2. The van der Waals surface area contributed by atoms with Crippen LogP contribution >= 0.6 is 11.3 Å². The van der Waals surface area contributed by atoms with Crippen molar-refractivity contribution in [3.05, 3.63) is 39.9 Å². The largest absolute Gasteiger partial charge is 0.351 e. The van der Waals surface area contributed by atoms with Crippen LogP contribution in [0.3, 0.4) is 0 Å². The molecule has 6 nitrogen and oxygen atoms in total. The van der Waals surface area contributed by atoms with Gasteiger partial charge < -0.3 is 14.3 Å². The molecule has 32 heavy (non-hydrogen) atoms. The second-order valence-electron chi connectivity index (χ2n) is 8.93. The first-order chi connectivity index (χ1) is 15.7. The first-order valence-corrected chi connectivity index (χ1v) is 13.2. The van der Waals surface area contributed by atoms with Gasteiger partial charge in [-0.1, -0.05) is 31.8 Å². The molecule has 4 heterocycles. The second kappa shape index (κ2) is 10.6. The highest BCUT2D eigenvalue weighted by atomic mass is 32.1. The van der Waals surface area contributed by atoms with E-state index in [0.717, 1.165) is 31.4 Å². The lowest BCUT2D eigenvalue weighted by Crippen LogP contribution is -2.49. The Balaban J connectivity index is 0.00000119. The van der Waals surface area contributed by atoms with Gasteiger partial charge in [-0.2, -0.15) is 0 Å². The fraction of sp³-hybridized carbons (Fsp3) is 0.640. The van der Waals surface area contributed by atoms with E-state index in [1.807, 2.05) is 18.7 Å². The molecular formula is C25H35N3O3S. The maximum atomic E-state index is 13.3. The molecule has 0 N–H and O–H groups in total. The van der Waals surface area contributed by atoms with Gasteiger partial charge in [0.1, 0.15) is 0 Å². The molecule has 0 radical (unpaired) electrons. The van der Waals surface area contributed by atoms with Crippen LogP contribution < -0.4 is 0 Å². The minimum atomic E-state index is -0.0832. The lowest BCUT2D eigenvalue weighted by molar-refractivity contribution is 0.0391. The van der Waals surface area contributed by atoms with Crippen molar-refractivity contribution in [3.63, 3.8) is 0 Å². The Morgan fingerprint density at radius 3 is 2.50 bits per heavy atom. The van der Waals surface area contributed by atoms with Crippen molar-refractivity contribution in [2.24, 2.45) is 5.92 Å². The Bertz CT molecular complexity index is 884. The number of hydrogen-bond acceptors (Lipinski definition) is 5. The third-order valence-electron chi connectivity index (χ3n) is 7.20. The molecule has 0 aromatic carbocycles. The number of likely N-dealkylation sites (tertiary alicyclic amines) is 2. The Labute approximate surface area is 194 Å². The molecule has 2 saturated heterocycles. The van der Waals surface area contributed by atoms with E-state index in [1.165, 1.54) is 43.2 Å². The van der Waals surface area contributed by atoms with Crippen molar-refractivity contribution in [2.45, 2.75) is 77.2 Å². The maximum Gasteiger partial charge on any atom is 0.292 e. The highest BCUT2D eigenvalue weighted by molar-refractivity contribution is 7.10. The Kier molecular flexibility index (Phi) is 7.66. The van der Waals surface area contributed by atoms with Gasteiger partial charge in [0.2, 0.25) is 5.76 Å². The molecule has 2 unspecified atom stereocenters. The molecule has 1 aliphatic carbocycles. The van der Waals surface area contributed by atoms with Gasteiger partial charge in [0.25, 0.3) is 11.8 Å². The summed E-state index contributed by atoms with van der Waals surface area (Å²) < 4.78 is 5.00. The summed E-state index contributed by atoms with van der Waals surface area (Å²) in [5.41, 5.74) is 0.862. The number of hydrogen-bond donors (Lipinski definition) is 0. The van der Waals surface area contributed by atoms with Crippen molar-refractivity contribution in [2.75, 3.05) is 19.6 Å². The fourth-order valence-electron chi connectivity index (χ4n) is 5.57. The summed E-state index contributed by atoms with van der Waals surface area (Å²) in [6.45, 7) is 6.33. The number of amides is 2. The number of aromatic nitrogens is 1. The Morgan fingerprint density at radius 1 is 1.00 bits per heavy atom. The second-order valence-corrected chi connectivity index (χ2v) is 9.88. The smallest absolute Gasteiger partial charge is 0.292 e. The van der Waals surface area contributed by atoms with E-state index in [2.05, 4.69) is 21.5 Å². The van der Waals surface area contributed by atoms with Crippen LogP contribution in [0.2, 0.25) is 0 Å². The van der Waals surface area contributed by atoms with Crippen molar-refractivity contribution in [1.82, 2.24) is 15.0 Å². The summed E-state index contributed by atoms with van der Waals surface area (Å²) >= 11 is 1.71. The molecule has 5 rings (SSSR count). The first kappa shape index (κ1) is 23.0. The Hall–Kier alpha value is -2.15. The minimum absolute atomic E-state index is 0.0832. The number of rotatable bonds is 3. The normalized spacial score (nSPS) is 23.8. The zero-order valence-electron chi connectivity index (χ0n) is 19.3. The lowest BCUT2D eigenvalue weighted by Gasteiger charge is -2.44. The van der Waals surface area contributed by atoms with Gasteiger partial charge in [0.15, 0.2) is 0 Å². The van der Waals surface area contributed by atoms with Crippen molar-refractivity contribution in [3.8, 4) is 0 Å². The first-order valence-electron chi connectivity index (χ1n) is 12.3. The number of fused-ring (bicyclic) bond motifs is 1. The Morgan fingerprint density at radius 2 is 1.75 bits per heavy atom. The van der Waals surface area contributed by atoms with Crippen LogP contribution in [-0.2, 0) is 0 Å². The zero-order valence-corrected chi connectivity index (χ0v) is 20.1. The summed E-state index contributed by atoms with van der Waals surface area (Å²) in [7, 11) is 0. The van der Waals surface area contributed by atoms with Gasteiger partial charge in [0, 0.05) is 42.0 Å². The van der Waals surface area contributed by atoms with Crippen LogP contribution in [0.5, 0.6) is 0 Å². The highest BCUT2D eigenvalue weighted by Crippen LogP contribution is 2.37. The van der Waals surface area contributed by atoms with E-state index >= 15 is 0 Å². The molecule has 2 aromatic heterocycles. The number of carbonyl (C=O) groups is 2. The summed E-state index contributed by atoms with van der Waals surface area (Å²) in [6, 6.07) is 4.19. The monoisotopic (exact) mass is 457 g/mol. The average Bonchev–Trinajstić information content (AvgIpc) is 3.57. The van der Waals surface area contributed by atoms with Crippen molar-refractivity contribution >= 4 is 23.2 Å². The van der Waals surface area contributed by atoms with Crippen molar-refractivity contribution < 1.29 is 14.1 Å². The maximum absolute atomic E-state index is 13.3. The number of nitrogens with zero attached hydrogens (tertiary/aromatic N) is 3. The van der Waals surface area contributed by atoms with Crippen LogP contribution in [0, 0.1) is 5.92 Å². The van der Waals surface area contributed by atoms with Gasteiger partial charge in [0.05, 0.1) is 11.8 Å². The fourth-order valence-corrected chi connectivity index (χ4v) is 6.63. The molecule has 0 spiro atoms. The minimum Gasteiger partial charge on any atom is -0.351 e. The molecule has 2 atom stereocenters. The molecule has 7 heteroatoms. The molecule has 3 aliphatic rings. The predicted molar refractivity (Wildman–Crippen MR) is 126 cm³/mol. The van der Waals surface area contributed by atoms with E-state index in [1.54, 1.807) is 17.4 Å². The topological polar surface area (TPSA) is 66.7 Å². The standard InChI is InChI=1S/C23H29N3O3S.C2H6/c27-22(26-11-3-5-16-4-1-2-6-19(16)26)18-14-21(30-15-18)17-8-12-25(13-9-17)23(28)20-7-10-24-29-20;1-2/h7,10,14-17,19H,1-6,8-9,11-13H2;1-2H3. The predicted octanol–water partition coefficient (Wildman–Crippen LogP) is 5.58. The van der Waals surface area contributed by atoms with Crippen LogP contribution in [-0.4, -0.2) is 52.4 Å². The molecule has 0 bridgehead atoms. The van der Waals surface area contributed by atoms with Gasteiger partial charge in [-0.05, 0) is 56.4 Å². The van der Waals surface area contributed by atoms with Crippen molar-refractivity contribution in [1.29, 1.82) is 0 Å². The van der Waals surface area contributed by atoms with Crippen LogP contribution in [0.4, 0.5) is 0 Å². The third-order valence-corrected chi connectivity index (χ3v) is 8.30. The van der Waals surface area contributed by atoms with Gasteiger partial charge in [-0.25, -0.2) is 0 Å². The number of piperidine rings is 2. The highest BCUT2D eigenvalue weighted by Gasteiger charge is 2.36. The van der Waals surface area contributed by atoms with Crippen LogP contribution in [0.15, 0.2) is 28.2 Å². The third kappa shape index (κ3) is 4.77. The summed E-state index contributed by atoms with van der Waals surface area (Å²) in [4.78, 5) is 31.0. The summed E-state index contributed by atoms with van der Waals surface area (Å²) in [6.07, 6.45) is 10.8. The summed E-state index contributed by atoms with van der Waals surface area (Å²) in [5.74, 6) is 1.58. The van der Waals surface area contributed by atoms with Gasteiger partial charge in [-0.15, -0.1) is 11.3 Å². The van der Waals surface area contributed by atoms with Gasteiger partial charge in [-0.3, -0.25) is 9.59 Å². The molecule has 2 aliphatic heterocycles. The average molecular weight is 458 g/mol. The van der Waals surface area contributed by atoms with Gasteiger partial charge >= 0.3 is 0 Å². The van der Waals surface area contributed by atoms with Crippen LogP contribution in [0.1, 0.15) is 96.9 Å². The number of thiophene rings is 1.